The van der Waals surface area contributed by atoms with E-state index in [0.29, 0.717) is 12.2 Å². The van der Waals surface area contributed by atoms with Gasteiger partial charge in [0, 0.05) is 12.2 Å². The largest absolute Gasteiger partial charge is 0.352 e. The molecule has 19 heavy (non-hydrogen) atoms. The molecule has 4 heteroatoms. The Morgan fingerprint density at radius 2 is 1.84 bits per heavy atom. The third kappa shape index (κ3) is 2.91. The highest BCUT2D eigenvalue weighted by Crippen LogP contribution is 2.16. The van der Waals surface area contributed by atoms with E-state index in [9.17, 15) is 9.59 Å². The minimum atomic E-state index is -0.371. The van der Waals surface area contributed by atoms with E-state index in [2.05, 4.69) is 10.3 Å². The van der Waals surface area contributed by atoms with Gasteiger partial charge in [-0.15, -0.1) is 0 Å². The van der Waals surface area contributed by atoms with Gasteiger partial charge in [0.25, 0.3) is 11.5 Å². The lowest BCUT2D eigenvalue weighted by molar-refractivity contribution is 0.0954. The molecule has 2 rings (SSSR count). The molecule has 4 nitrogen and oxygen atoms in total. The Morgan fingerprint density at radius 3 is 2.42 bits per heavy atom. The van der Waals surface area contributed by atoms with Gasteiger partial charge in [0.2, 0.25) is 0 Å². The number of H-pyrrole nitrogens is 1. The minimum Gasteiger partial charge on any atom is -0.352 e. The number of aryl methyl sites for hydroxylation is 1. The minimum absolute atomic E-state index is 0.137. The van der Waals surface area contributed by atoms with Gasteiger partial charge in [-0.05, 0) is 31.5 Å². The van der Waals surface area contributed by atoms with Crippen LogP contribution in [0, 0.1) is 6.92 Å². The van der Waals surface area contributed by atoms with Crippen LogP contribution in [0.2, 0.25) is 0 Å². The number of aromatic amines is 1. The number of amides is 1. The fourth-order valence-electron chi connectivity index (χ4n) is 1.81. The number of carbonyl (C=O) groups excluding carboxylic acids is 1. The first kappa shape index (κ1) is 13.1. The van der Waals surface area contributed by atoms with Gasteiger partial charge in [-0.3, -0.25) is 9.59 Å². The van der Waals surface area contributed by atoms with E-state index in [1.807, 2.05) is 38.1 Å². The molecular weight excluding hydrogens is 240 g/mol. The summed E-state index contributed by atoms with van der Waals surface area (Å²) in [5.41, 5.74) is 2.55. The molecule has 0 unspecified atom stereocenters. The molecule has 0 spiro atoms. The van der Waals surface area contributed by atoms with E-state index < -0.39 is 0 Å². The topological polar surface area (TPSA) is 62.0 Å². The molecule has 98 valence electrons. The summed E-state index contributed by atoms with van der Waals surface area (Å²) >= 11 is 0. The number of benzene rings is 1. The van der Waals surface area contributed by atoms with E-state index in [1.54, 1.807) is 12.1 Å². The third-order valence-corrected chi connectivity index (χ3v) is 2.85. The van der Waals surface area contributed by atoms with E-state index in [-0.39, 0.29) is 17.0 Å². The Bertz CT molecular complexity index is 642. The zero-order valence-corrected chi connectivity index (χ0v) is 11.0. The van der Waals surface area contributed by atoms with E-state index in [0.717, 1.165) is 11.1 Å². The molecule has 2 N–H and O–H groups in total. The van der Waals surface area contributed by atoms with Crippen LogP contribution in [0.4, 0.5) is 0 Å². The van der Waals surface area contributed by atoms with Gasteiger partial charge >= 0.3 is 0 Å². The van der Waals surface area contributed by atoms with Crippen molar-refractivity contribution < 1.29 is 4.79 Å². The van der Waals surface area contributed by atoms with E-state index in [1.165, 1.54) is 0 Å². The molecule has 1 aromatic heterocycles. The molecule has 0 aliphatic carbocycles. The third-order valence-electron chi connectivity index (χ3n) is 2.85. The maximum Gasteiger partial charge on any atom is 0.261 e. The van der Waals surface area contributed by atoms with Crippen molar-refractivity contribution in [2.45, 2.75) is 13.8 Å². The van der Waals surface area contributed by atoms with Crippen LogP contribution in [-0.4, -0.2) is 17.4 Å². The molecule has 1 amide bonds. The van der Waals surface area contributed by atoms with Gasteiger partial charge in [-0.1, -0.05) is 29.8 Å². The van der Waals surface area contributed by atoms with Crippen molar-refractivity contribution in [3.63, 3.8) is 0 Å². The lowest BCUT2D eigenvalue weighted by Crippen LogP contribution is -2.29. The summed E-state index contributed by atoms with van der Waals surface area (Å²) in [5, 5.41) is 2.61. The van der Waals surface area contributed by atoms with E-state index >= 15 is 0 Å². The summed E-state index contributed by atoms with van der Waals surface area (Å²) in [6, 6.07) is 11.1. The predicted octanol–water partition coefficient (Wildman–Crippen LogP) is 2.10. The fourth-order valence-corrected chi connectivity index (χ4v) is 1.81. The van der Waals surface area contributed by atoms with Crippen LogP contribution in [0.3, 0.4) is 0 Å². The number of hydrogen-bond acceptors (Lipinski definition) is 2. The van der Waals surface area contributed by atoms with Gasteiger partial charge in [0.05, 0.1) is 0 Å². The summed E-state index contributed by atoms with van der Waals surface area (Å²) in [7, 11) is 0. The van der Waals surface area contributed by atoms with Gasteiger partial charge < -0.3 is 10.3 Å². The van der Waals surface area contributed by atoms with Gasteiger partial charge in [-0.25, -0.2) is 0 Å². The maximum absolute atomic E-state index is 11.9. The molecule has 1 heterocycles. The van der Waals surface area contributed by atoms with Crippen molar-refractivity contribution in [2.24, 2.45) is 0 Å². The molecule has 0 saturated carbocycles. The monoisotopic (exact) mass is 256 g/mol. The molecular formula is C15H16N2O2. The highest BCUT2D eigenvalue weighted by Gasteiger charge is 2.10. The van der Waals surface area contributed by atoms with Crippen LogP contribution in [-0.2, 0) is 0 Å². The standard InChI is InChI=1S/C15H16N2O2/c1-3-16-14(18)12-8-9-13(17-15(12)19)11-6-4-10(2)5-7-11/h4-9H,3H2,1-2H3,(H,16,18)(H,17,19). The Kier molecular flexibility index (Phi) is 3.80. The van der Waals surface area contributed by atoms with Crippen LogP contribution in [0.15, 0.2) is 41.2 Å². The van der Waals surface area contributed by atoms with Crippen LogP contribution in [0.25, 0.3) is 11.3 Å². The number of nitrogens with one attached hydrogen (secondary N) is 2. The number of pyridine rings is 1. The fraction of sp³-hybridized carbons (Fsp3) is 0.200. The number of carbonyl (C=O) groups is 1. The molecule has 0 atom stereocenters. The molecule has 0 saturated heterocycles. The van der Waals surface area contributed by atoms with Crippen LogP contribution in [0.1, 0.15) is 22.8 Å². The second kappa shape index (κ2) is 5.52. The molecule has 0 aliphatic rings. The molecule has 1 aromatic carbocycles. The quantitative estimate of drug-likeness (QED) is 0.883. The zero-order valence-electron chi connectivity index (χ0n) is 11.0. The number of aromatic nitrogens is 1. The smallest absolute Gasteiger partial charge is 0.261 e. The second-order valence-electron chi connectivity index (χ2n) is 4.34. The van der Waals surface area contributed by atoms with Crippen LogP contribution >= 0.6 is 0 Å². The lowest BCUT2D eigenvalue weighted by Gasteiger charge is -2.05. The number of hydrogen-bond donors (Lipinski definition) is 2. The van der Waals surface area contributed by atoms with E-state index in [4.69, 9.17) is 0 Å². The number of rotatable bonds is 3. The van der Waals surface area contributed by atoms with Gasteiger partial charge in [0.15, 0.2) is 0 Å². The van der Waals surface area contributed by atoms with Crippen molar-refractivity contribution >= 4 is 5.91 Å². The van der Waals surface area contributed by atoms with Crippen molar-refractivity contribution in [3.05, 3.63) is 57.9 Å². The van der Waals surface area contributed by atoms with Crippen LogP contribution < -0.4 is 10.9 Å². The maximum atomic E-state index is 11.9. The van der Waals surface area contributed by atoms with Crippen molar-refractivity contribution in [2.75, 3.05) is 6.54 Å². The van der Waals surface area contributed by atoms with Gasteiger partial charge in [-0.2, -0.15) is 0 Å². The van der Waals surface area contributed by atoms with Crippen molar-refractivity contribution in [1.29, 1.82) is 0 Å². The SMILES string of the molecule is CCNC(=O)c1ccc(-c2ccc(C)cc2)[nH]c1=O. The molecule has 0 radical (unpaired) electrons. The molecule has 0 bridgehead atoms. The summed E-state index contributed by atoms with van der Waals surface area (Å²) in [6.07, 6.45) is 0. The Morgan fingerprint density at radius 1 is 1.16 bits per heavy atom. The highest BCUT2D eigenvalue weighted by molar-refractivity contribution is 5.94. The predicted molar refractivity (Wildman–Crippen MR) is 75.2 cm³/mol. The first-order valence-corrected chi connectivity index (χ1v) is 6.20. The zero-order chi connectivity index (χ0) is 13.8. The normalized spacial score (nSPS) is 10.2. The Hall–Kier alpha value is -2.36. The Labute approximate surface area is 111 Å². The average Bonchev–Trinajstić information content (AvgIpc) is 2.39. The van der Waals surface area contributed by atoms with Gasteiger partial charge in [0.1, 0.15) is 5.56 Å². The van der Waals surface area contributed by atoms with Crippen molar-refractivity contribution in [1.82, 2.24) is 10.3 Å². The van der Waals surface area contributed by atoms with Crippen LogP contribution in [0.5, 0.6) is 0 Å². The molecule has 0 aliphatic heterocycles. The molecule has 2 aromatic rings. The highest BCUT2D eigenvalue weighted by atomic mass is 16.2. The summed E-state index contributed by atoms with van der Waals surface area (Å²) in [6.45, 7) is 4.31. The first-order chi connectivity index (χ1) is 9.11. The summed E-state index contributed by atoms with van der Waals surface area (Å²) < 4.78 is 0. The first-order valence-electron chi connectivity index (χ1n) is 6.20. The summed E-state index contributed by atoms with van der Waals surface area (Å²) in [5.74, 6) is -0.348. The summed E-state index contributed by atoms with van der Waals surface area (Å²) in [4.78, 5) is 26.2. The molecule has 0 fully saturated rings. The lowest BCUT2D eigenvalue weighted by atomic mass is 10.1. The van der Waals surface area contributed by atoms with Crippen molar-refractivity contribution in [3.8, 4) is 11.3 Å². The average molecular weight is 256 g/mol. The second-order valence-corrected chi connectivity index (χ2v) is 4.34. The Balaban J connectivity index is 2.36.